The zero-order chi connectivity index (χ0) is 10.7. The van der Waals surface area contributed by atoms with E-state index in [2.05, 4.69) is 23.2 Å². The second-order valence-corrected chi connectivity index (χ2v) is 3.59. The van der Waals surface area contributed by atoms with Crippen LogP contribution in [0, 0.1) is 6.92 Å². The Morgan fingerprint density at radius 1 is 1.13 bits per heavy atom. The molecule has 2 N–H and O–H groups in total. The molecule has 0 saturated heterocycles. The van der Waals surface area contributed by atoms with Crippen LogP contribution < -0.4 is 5.73 Å². The molecule has 0 amide bonds. The molecule has 0 bridgehead atoms. The predicted molar refractivity (Wildman–Crippen MR) is 62.3 cm³/mol. The third-order valence-corrected chi connectivity index (χ3v) is 2.39. The van der Waals surface area contributed by atoms with Crippen LogP contribution >= 0.6 is 0 Å². The summed E-state index contributed by atoms with van der Waals surface area (Å²) in [6.45, 7) is 2.58. The van der Waals surface area contributed by atoms with E-state index in [-0.39, 0.29) is 0 Å². The molecule has 0 fully saturated rings. The van der Waals surface area contributed by atoms with Crippen molar-refractivity contribution in [1.82, 2.24) is 4.98 Å². The molecule has 76 valence electrons. The molecule has 2 rings (SSSR count). The average Bonchev–Trinajstić information content (AvgIpc) is 2.29. The topological polar surface area (TPSA) is 38.9 Å². The van der Waals surface area contributed by atoms with Gasteiger partial charge in [0, 0.05) is 18.4 Å². The van der Waals surface area contributed by atoms with Gasteiger partial charge < -0.3 is 5.73 Å². The summed E-state index contributed by atoms with van der Waals surface area (Å²) in [4.78, 5) is 4.18. The molecule has 0 atom stereocenters. The molecular formula is C13H14N2. The summed E-state index contributed by atoms with van der Waals surface area (Å²) in [7, 11) is 0. The van der Waals surface area contributed by atoms with Gasteiger partial charge in [0.25, 0.3) is 0 Å². The Morgan fingerprint density at radius 2 is 1.93 bits per heavy atom. The molecule has 15 heavy (non-hydrogen) atoms. The molecule has 1 aromatic heterocycles. The Morgan fingerprint density at radius 3 is 2.67 bits per heavy atom. The Hall–Kier alpha value is -1.67. The van der Waals surface area contributed by atoms with Gasteiger partial charge >= 0.3 is 0 Å². The van der Waals surface area contributed by atoms with Gasteiger partial charge in [-0.15, -0.1) is 0 Å². The largest absolute Gasteiger partial charge is 0.326 e. The maximum atomic E-state index is 5.61. The highest BCUT2D eigenvalue weighted by atomic mass is 14.6. The van der Waals surface area contributed by atoms with Gasteiger partial charge in [-0.1, -0.05) is 18.2 Å². The lowest BCUT2D eigenvalue weighted by Crippen LogP contribution is -1.95. The molecule has 0 saturated carbocycles. The molecule has 2 heteroatoms. The summed E-state index contributed by atoms with van der Waals surface area (Å²) >= 11 is 0. The van der Waals surface area contributed by atoms with Crippen LogP contribution in [0.25, 0.3) is 11.1 Å². The van der Waals surface area contributed by atoms with E-state index in [0.717, 1.165) is 11.3 Å². The van der Waals surface area contributed by atoms with Crippen molar-refractivity contribution >= 4 is 0 Å². The minimum atomic E-state index is 0.581. The SMILES string of the molecule is Cc1cc(-c2cccc(CN)c2)ccn1. The van der Waals surface area contributed by atoms with Crippen LogP contribution in [0.2, 0.25) is 0 Å². The quantitative estimate of drug-likeness (QED) is 0.805. The van der Waals surface area contributed by atoms with Gasteiger partial charge in [0.2, 0.25) is 0 Å². The molecule has 2 aromatic rings. The molecule has 1 aromatic carbocycles. The monoisotopic (exact) mass is 198 g/mol. The molecule has 0 aliphatic rings. The van der Waals surface area contributed by atoms with Crippen molar-refractivity contribution in [3.05, 3.63) is 53.9 Å². The van der Waals surface area contributed by atoms with Crippen molar-refractivity contribution in [2.75, 3.05) is 0 Å². The molecule has 1 heterocycles. The van der Waals surface area contributed by atoms with Crippen LogP contribution in [-0.2, 0) is 6.54 Å². The molecule has 0 unspecified atom stereocenters. The summed E-state index contributed by atoms with van der Waals surface area (Å²) < 4.78 is 0. The highest BCUT2D eigenvalue weighted by molar-refractivity contribution is 5.64. The Labute approximate surface area is 89.8 Å². The van der Waals surface area contributed by atoms with Crippen molar-refractivity contribution in [3.8, 4) is 11.1 Å². The highest BCUT2D eigenvalue weighted by Gasteiger charge is 1.98. The first kappa shape index (κ1) is 9.87. The number of benzene rings is 1. The van der Waals surface area contributed by atoms with Crippen molar-refractivity contribution in [3.63, 3.8) is 0 Å². The van der Waals surface area contributed by atoms with Gasteiger partial charge in [0.05, 0.1) is 0 Å². The maximum absolute atomic E-state index is 5.61. The number of hydrogen-bond acceptors (Lipinski definition) is 2. The van der Waals surface area contributed by atoms with Gasteiger partial charge in [-0.25, -0.2) is 0 Å². The highest BCUT2D eigenvalue weighted by Crippen LogP contribution is 2.20. The van der Waals surface area contributed by atoms with Gasteiger partial charge in [-0.05, 0) is 41.8 Å². The van der Waals surface area contributed by atoms with Gasteiger partial charge in [-0.3, -0.25) is 4.98 Å². The van der Waals surface area contributed by atoms with Crippen LogP contribution in [-0.4, -0.2) is 4.98 Å². The molecule has 0 spiro atoms. The fourth-order valence-corrected chi connectivity index (χ4v) is 1.60. The van der Waals surface area contributed by atoms with Crippen LogP contribution in [0.1, 0.15) is 11.3 Å². The van der Waals surface area contributed by atoms with E-state index in [4.69, 9.17) is 5.73 Å². The smallest absolute Gasteiger partial charge is 0.0378 e. The van der Waals surface area contributed by atoms with E-state index in [1.54, 1.807) is 0 Å². The third kappa shape index (κ3) is 2.22. The Kier molecular flexibility index (Phi) is 2.79. The lowest BCUT2D eigenvalue weighted by atomic mass is 10.0. The number of nitrogens with two attached hydrogens (primary N) is 1. The number of aromatic nitrogens is 1. The minimum absolute atomic E-state index is 0.581. The van der Waals surface area contributed by atoms with Crippen molar-refractivity contribution in [2.45, 2.75) is 13.5 Å². The summed E-state index contributed by atoms with van der Waals surface area (Å²) in [6.07, 6.45) is 1.83. The predicted octanol–water partition coefficient (Wildman–Crippen LogP) is 2.52. The fourth-order valence-electron chi connectivity index (χ4n) is 1.60. The van der Waals surface area contributed by atoms with E-state index in [1.165, 1.54) is 11.1 Å². The number of nitrogens with zero attached hydrogens (tertiary/aromatic N) is 1. The third-order valence-electron chi connectivity index (χ3n) is 2.39. The first-order chi connectivity index (χ1) is 7.29. The fraction of sp³-hybridized carbons (Fsp3) is 0.154. The second kappa shape index (κ2) is 4.24. The van der Waals surface area contributed by atoms with Crippen LogP contribution in [0.3, 0.4) is 0 Å². The van der Waals surface area contributed by atoms with E-state index >= 15 is 0 Å². The zero-order valence-electron chi connectivity index (χ0n) is 8.77. The molecular weight excluding hydrogens is 184 g/mol. The number of aryl methyl sites for hydroxylation is 1. The van der Waals surface area contributed by atoms with Crippen LogP contribution in [0.15, 0.2) is 42.6 Å². The van der Waals surface area contributed by atoms with Crippen LogP contribution in [0.4, 0.5) is 0 Å². The Bertz CT molecular complexity index is 464. The maximum Gasteiger partial charge on any atom is 0.0378 e. The molecule has 0 aliphatic heterocycles. The molecule has 0 aliphatic carbocycles. The van der Waals surface area contributed by atoms with Gasteiger partial charge in [0.15, 0.2) is 0 Å². The number of hydrogen-bond donors (Lipinski definition) is 1. The van der Waals surface area contributed by atoms with Crippen molar-refractivity contribution in [2.24, 2.45) is 5.73 Å². The van der Waals surface area contributed by atoms with E-state index in [9.17, 15) is 0 Å². The zero-order valence-corrected chi connectivity index (χ0v) is 8.77. The van der Waals surface area contributed by atoms with E-state index in [0.29, 0.717) is 6.54 Å². The average molecular weight is 198 g/mol. The van der Waals surface area contributed by atoms with Gasteiger partial charge in [-0.2, -0.15) is 0 Å². The van der Waals surface area contributed by atoms with Crippen molar-refractivity contribution in [1.29, 1.82) is 0 Å². The van der Waals surface area contributed by atoms with E-state index in [1.807, 2.05) is 31.3 Å². The lowest BCUT2D eigenvalue weighted by molar-refractivity contribution is 1.07. The first-order valence-corrected chi connectivity index (χ1v) is 5.01. The summed E-state index contributed by atoms with van der Waals surface area (Å²) in [5, 5.41) is 0. The second-order valence-electron chi connectivity index (χ2n) is 3.59. The summed E-state index contributed by atoms with van der Waals surface area (Å²) in [6, 6.07) is 12.4. The summed E-state index contributed by atoms with van der Waals surface area (Å²) in [5.74, 6) is 0. The standard InChI is InChI=1S/C13H14N2/c1-10-7-13(5-6-15-10)12-4-2-3-11(8-12)9-14/h2-8H,9,14H2,1H3. The molecule has 0 radical (unpaired) electrons. The summed E-state index contributed by atoms with van der Waals surface area (Å²) in [5.41, 5.74) is 10.2. The Balaban J connectivity index is 2.44. The van der Waals surface area contributed by atoms with Crippen molar-refractivity contribution < 1.29 is 0 Å². The normalized spacial score (nSPS) is 10.3. The number of pyridine rings is 1. The van der Waals surface area contributed by atoms with Crippen LogP contribution in [0.5, 0.6) is 0 Å². The van der Waals surface area contributed by atoms with Gasteiger partial charge in [0.1, 0.15) is 0 Å². The number of rotatable bonds is 2. The molecule has 2 nitrogen and oxygen atoms in total. The minimum Gasteiger partial charge on any atom is -0.326 e. The lowest BCUT2D eigenvalue weighted by Gasteiger charge is -2.04. The first-order valence-electron chi connectivity index (χ1n) is 5.01. The van der Waals surface area contributed by atoms with E-state index < -0.39 is 0 Å².